The van der Waals surface area contributed by atoms with Gasteiger partial charge in [0.15, 0.2) is 0 Å². The number of nitrogens with one attached hydrogen (secondary N) is 2. The Labute approximate surface area is 193 Å². The van der Waals surface area contributed by atoms with Crippen LogP contribution in [-0.4, -0.2) is 23.0 Å². The van der Waals surface area contributed by atoms with Crippen LogP contribution in [0.2, 0.25) is 0 Å². The third kappa shape index (κ3) is 6.63. The minimum Gasteiger partial charge on any atom is -0.481 e. The van der Waals surface area contributed by atoms with Gasteiger partial charge in [0.1, 0.15) is 17.7 Å². The number of halogens is 2. The maximum Gasteiger partial charge on any atom is 0.305 e. The van der Waals surface area contributed by atoms with Crippen molar-refractivity contribution >= 4 is 11.9 Å². The summed E-state index contributed by atoms with van der Waals surface area (Å²) in [5.74, 6) is -2.37. The molecule has 2 aromatic rings. The van der Waals surface area contributed by atoms with Crippen molar-refractivity contribution in [3.05, 3.63) is 70.9 Å². The van der Waals surface area contributed by atoms with Crippen LogP contribution in [0.4, 0.5) is 8.78 Å². The van der Waals surface area contributed by atoms with Crippen LogP contribution in [0.1, 0.15) is 55.0 Å². The summed E-state index contributed by atoms with van der Waals surface area (Å²) in [6.07, 6.45) is 1.41. The Morgan fingerprint density at radius 2 is 1.67 bits per heavy atom. The quantitative estimate of drug-likeness (QED) is 0.449. The van der Waals surface area contributed by atoms with Gasteiger partial charge in [-0.25, -0.2) is 8.78 Å². The monoisotopic (exact) mass is 458 g/mol. The van der Waals surface area contributed by atoms with Gasteiger partial charge in [0, 0.05) is 5.56 Å². The Hall–Kier alpha value is -3.22. The van der Waals surface area contributed by atoms with Crippen LogP contribution < -0.4 is 10.6 Å². The van der Waals surface area contributed by atoms with Gasteiger partial charge < -0.3 is 15.7 Å². The SMILES string of the molecule is C=CNC(CC(C)C)C(=O)N[C@@H](CC(=O)O)c1cc(-c2c(C)cc(F)cc2C)cc(C)c1F. The largest absolute Gasteiger partial charge is 0.481 e. The lowest BCUT2D eigenvalue weighted by atomic mass is 9.90. The molecule has 0 aliphatic rings. The second-order valence-corrected chi connectivity index (χ2v) is 8.82. The van der Waals surface area contributed by atoms with E-state index in [1.54, 1.807) is 32.9 Å². The molecule has 2 aromatic carbocycles. The summed E-state index contributed by atoms with van der Waals surface area (Å²) in [6.45, 7) is 12.6. The summed E-state index contributed by atoms with van der Waals surface area (Å²) < 4.78 is 29.0. The predicted octanol–water partition coefficient (Wildman–Crippen LogP) is 5.34. The molecule has 0 fully saturated rings. The normalized spacial score (nSPS) is 12.8. The Morgan fingerprint density at radius 3 is 2.18 bits per heavy atom. The summed E-state index contributed by atoms with van der Waals surface area (Å²) >= 11 is 0. The average Bonchev–Trinajstić information content (AvgIpc) is 2.68. The van der Waals surface area contributed by atoms with Gasteiger partial charge >= 0.3 is 5.97 Å². The van der Waals surface area contributed by atoms with E-state index < -0.39 is 36.2 Å². The Morgan fingerprint density at radius 1 is 1.06 bits per heavy atom. The lowest BCUT2D eigenvalue weighted by molar-refractivity contribution is -0.137. The number of carboxylic acid groups (broad SMARTS) is 1. The molecular weight excluding hydrogens is 426 g/mol. The molecule has 0 spiro atoms. The molecule has 2 atom stereocenters. The van der Waals surface area contributed by atoms with E-state index in [4.69, 9.17) is 0 Å². The van der Waals surface area contributed by atoms with Crippen molar-refractivity contribution in [2.45, 2.75) is 59.5 Å². The average molecular weight is 459 g/mol. The van der Waals surface area contributed by atoms with Crippen molar-refractivity contribution in [3.8, 4) is 11.1 Å². The molecule has 3 N–H and O–H groups in total. The Bertz CT molecular complexity index is 1030. The molecule has 0 aliphatic carbocycles. The first kappa shape index (κ1) is 26.0. The summed E-state index contributed by atoms with van der Waals surface area (Å²) in [7, 11) is 0. The van der Waals surface area contributed by atoms with Crippen molar-refractivity contribution in [1.29, 1.82) is 0 Å². The summed E-state index contributed by atoms with van der Waals surface area (Å²) in [5, 5.41) is 15.1. The maximum atomic E-state index is 15.2. The molecular formula is C26H32F2N2O3. The van der Waals surface area contributed by atoms with E-state index in [1.165, 1.54) is 18.3 Å². The number of carboxylic acids is 1. The van der Waals surface area contributed by atoms with Crippen molar-refractivity contribution < 1.29 is 23.5 Å². The van der Waals surface area contributed by atoms with Crippen LogP contribution in [0.5, 0.6) is 0 Å². The van der Waals surface area contributed by atoms with Crippen molar-refractivity contribution in [2.24, 2.45) is 5.92 Å². The minimum absolute atomic E-state index is 0.0748. The molecule has 33 heavy (non-hydrogen) atoms. The second-order valence-electron chi connectivity index (χ2n) is 8.82. The fraction of sp³-hybridized carbons (Fsp3) is 0.385. The van der Waals surface area contributed by atoms with E-state index >= 15 is 4.39 Å². The van der Waals surface area contributed by atoms with E-state index in [2.05, 4.69) is 17.2 Å². The zero-order valence-electron chi connectivity index (χ0n) is 19.8. The number of carbonyl (C=O) groups is 2. The molecule has 7 heteroatoms. The van der Waals surface area contributed by atoms with Crippen LogP contribution in [0, 0.1) is 38.3 Å². The van der Waals surface area contributed by atoms with Gasteiger partial charge in [-0.15, -0.1) is 0 Å². The third-order valence-corrected chi connectivity index (χ3v) is 5.48. The number of hydrogen-bond donors (Lipinski definition) is 3. The maximum absolute atomic E-state index is 15.2. The first-order chi connectivity index (χ1) is 15.4. The number of amides is 1. The van der Waals surface area contributed by atoms with Gasteiger partial charge in [-0.3, -0.25) is 9.59 Å². The molecule has 1 unspecified atom stereocenters. The van der Waals surface area contributed by atoms with Crippen LogP contribution in [0.15, 0.2) is 37.0 Å². The Kier molecular flexibility index (Phi) is 8.74. The molecule has 5 nitrogen and oxygen atoms in total. The van der Waals surface area contributed by atoms with Crippen molar-refractivity contribution in [2.75, 3.05) is 0 Å². The topological polar surface area (TPSA) is 78.4 Å². The molecule has 0 radical (unpaired) electrons. The molecule has 2 rings (SSSR count). The van der Waals surface area contributed by atoms with E-state index in [0.717, 1.165) is 5.56 Å². The number of aliphatic carboxylic acids is 1. The first-order valence-electron chi connectivity index (χ1n) is 10.9. The highest BCUT2D eigenvalue weighted by Crippen LogP contribution is 2.33. The van der Waals surface area contributed by atoms with E-state index in [9.17, 15) is 19.1 Å². The summed E-state index contributed by atoms with van der Waals surface area (Å²) in [5.41, 5.74) is 3.11. The molecule has 0 aliphatic heterocycles. The van der Waals surface area contributed by atoms with Gasteiger partial charge in [-0.05, 0) is 91.4 Å². The molecule has 178 valence electrons. The van der Waals surface area contributed by atoms with Crippen LogP contribution in [0.25, 0.3) is 11.1 Å². The van der Waals surface area contributed by atoms with Crippen molar-refractivity contribution in [3.63, 3.8) is 0 Å². The molecule has 0 saturated carbocycles. The van der Waals surface area contributed by atoms with Gasteiger partial charge in [0.25, 0.3) is 0 Å². The fourth-order valence-corrected chi connectivity index (χ4v) is 4.11. The smallest absolute Gasteiger partial charge is 0.305 e. The van der Waals surface area contributed by atoms with E-state index in [-0.39, 0.29) is 17.3 Å². The fourth-order valence-electron chi connectivity index (χ4n) is 4.11. The molecule has 0 saturated heterocycles. The molecule has 0 bridgehead atoms. The first-order valence-corrected chi connectivity index (χ1v) is 10.9. The van der Waals surface area contributed by atoms with Gasteiger partial charge in [0.05, 0.1) is 12.5 Å². The van der Waals surface area contributed by atoms with Crippen molar-refractivity contribution in [1.82, 2.24) is 10.6 Å². The van der Waals surface area contributed by atoms with E-state index in [1.807, 2.05) is 13.8 Å². The van der Waals surface area contributed by atoms with Crippen LogP contribution >= 0.6 is 0 Å². The highest BCUT2D eigenvalue weighted by atomic mass is 19.1. The highest BCUT2D eigenvalue weighted by molar-refractivity contribution is 5.83. The van der Waals surface area contributed by atoms with Gasteiger partial charge in [-0.2, -0.15) is 0 Å². The van der Waals surface area contributed by atoms with Crippen LogP contribution in [-0.2, 0) is 9.59 Å². The lowest BCUT2D eigenvalue weighted by Gasteiger charge is -2.25. The molecule has 0 aromatic heterocycles. The van der Waals surface area contributed by atoms with Crippen LogP contribution in [0.3, 0.4) is 0 Å². The van der Waals surface area contributed by atoms with E-state index in [0.29, 0.717) is 28.7 Å². The minimum atomic E-state index is -1.17. The molecule has 1 amide bonds. The number of aryl methyl sites for hydroxylation is 3. The number of benzene rings is 2. The number of rotatable bonds is 10. The zero-order chi connectivity index (χ0) is 24.9. The molecule has 0 heterocycles. The van der Waals surface area contributed by atoms with Gasteiger partial charge in [-0.1, -0.05) is 20.4 Å². The second kappa shape index (κ2) is 11.1. The summed E-state index contributed by atoms with van der Waals surface area (Å²) in [4.78, 5) is 24.5. The Balaban J connectivity index is 2.55. The number of hydrogen-bond acceptors (Lipinski definition) is 3. The highest BCUT2D eigenvalue weighted by Gasteiger charge is 2.27. The third-order valence-electron chi connectivity index (χ3n) is 5.48. The lowest BCUT2D eigenvalue weighted by Crippen LogP contribution is -2.44. The van der Waals surface area contributed by atoms with Gasteiger partial charge in [0.2, 0.25) is 5.91 Å². The zero-order valence-corrected chi connectivity index (χ0v) is 19.8. The predicted molar refractivity (Wildman–Crippen MR) is 126 cm³/mol. The number of carbonyl (C=O) groups excluding carboxylic acids is 1. The standard InChI is InChI=1S/C26H32F2N2O3/c1-7-29-22(8-14(2)3)26(33)30-21(13-23(31)32)20-12-18(9-17(6)25(20)28)24-15(4)10-19(27)11-16(24)5/h7,9-12,14,21-22,29H,1,8,13H2,2-6H3,(H,30,33)(H,31,32)/t21-,22?/m0/s1. The summed E-state index contributed by atoms with van der Waals surface area (Å²) in [6, 6.07) is 4.27.